The van der Waals surface area contributed by atoms with E-state index in [4.69, 9.17) is 0 Å². The van der Waals surface area contributed by atoms with Gasteiger partial charge in [0.2, 0.25) is 0 Å². The standard InChI is InChI=1S/C11H10BrNO/c1-6-3-4-9(12)10-8(7(2)14)5-13-11(6)10/h3-5,13H,1-2H3. The molecular weight excluding hydrogens is 242 g/mol. The first-order valence-corrected chi connectivity index (χ1v) is 5.17. The van der Waals surface area contributed by atoms with E-state index in [1.165, 1.54) is 0 Å². The van der Waals surface area contributed by atoms with E-state index in [9.17, 15) is 4.79 Å². The summed E-state index contributed by atoms with van der Waals surface area (Å²) >= 11 is 3.46. The Hall–Kier alpha value is -1.09. The number of carbonyl (C=O) groups excluding carboxylic acids is 1. The van der Waals surface area contributed by atoms with Gasteiger partial charge >= 0.3 is 0 Å². The van der Waals surface area contributed by atoms with E-state index < -0.39 is 0 Å². The van der Waals surface area contributed by atoms with Gasteiger partial charge in [-0.25, -0.2) is 0 Å². The second kappa shape index (κ2) is 3.24. The number of benzene rings is 1. The largest absolute Gasteiger partial charge is 0.360 e. The number of ketones is 1. The van der Waals surface area contributed by atoms with Crippen LogP contribution in [0.25, 0.3) is 10.9 Å². The molecule has 1 aromatic carbocycles. The predicted octanol–water partition coefficient (Wildman–Crippen LogP) is 3.44. The molecule has 1 aromatic heterocycles. The summed E-state index contributed by atoms with van der Waals surface area (Å²) in [7, 11) is 0. The van der Waals surface area contributed by atoms with Crippen molar-refractivity contribution in [1.82, 2.24) is 4.98 Å². The number of fused-ring (bicyclic) bond motifs is 1. The average molecular weight is 252 g/mol. The van der Waals surface area contributed by atoms with E-state index in [1.807, 2.05) is 19.1 Å². The average Bonchev–Trinajstić information content (AvgIpc) is 2.56. The molecule has 14 heavy (non-hydrogen) atoms. The summed E-state index contributed by atoms with van der Waals surface area (Å²) < 4.78 is 0.963. The first kappa shape index (κ1) is 9.46. The summed E-state index contributed by atoms with van der Waals surface area (Å²) in [6.45, 7) is 3.60. The number of carbonyl (C=O) groups is 1. The van der Waals surface area contributed by atoms with E-state index in [2.05, 4.69) is 20.9 Å². The van der Waals surface area contributed by atoms with Crippen LogP contribution in [0.4, 0.5) is 0 Å². The van der Waals surface area contributed by atoms with Gasteiger partial charge in [-0.05, 0) is 25.5 Å². The van der Waals surface area contributed by atoms with Crippen molar-refractivity contribution in [2.45, 2.75) is 13.8 Å². The maximum Gasteiger partial charge on any atom is 0.161 e. The number of aromatic amines is 1. The van der Waals surface area contributed by atoms with Crippen LogP contribution in [0, 0.1) is 6.92 Å². The number of nitrogens with one attached hydrogen (secondary N) is 1. The van der Waals surface area contributed by atoms with Crippen molar-refractivity contribution in [3.05, 3.63) is 33.9 Å². The Morgan fingerprint density at radius 2 is 2.14 bits per heavy atom. The van der Waals surface area contributed by atoms with Crippen molar-refractivity contribution in [2.24, 2.45) is 0 Å². The summed E-state index contributed by atoms with van der Waals surface area (Å²) in [5.74, 6) is 0.0857. The summed E-state index contributed by atoms with van der Waals surface area (Å²) in [5, 5.41) is 0.984. The highest BCUT2D eigenvalue weighted by Gasteiger charge is 2.11. The van der Waals surface area contributed by atoms with Crippen molar-refractivity contribution in [1.29, 1.82) is 0 Å². The third-order valence-electron chi connectivity index (χ3n) is 2.37. The van der Waals surface area contributed by atoms with Crippen LogP contribution in [0.1, 0.15) is 22.8 Å². The summed E-state index contributed by atoms with van der Waals surface area (Å²) in [4.78, 5) is 14.5. The van der Waals surface area contributed by atoms with Gasteiger partial charge in [-0.15, -0.1) is 0 Å². The van der Waals surface area contributed by atoms with Gasteiger partial charge in [0.25, 0.3) is 0 Å². The number of aromatic nitrogens is 1. The molecule has 0 aliphatic carbocycles. The smallest absolute Gasteiger partial charge is 0.161 e. The zero-order chi connectivity index (χ0) is 10.3. The van der Waals surface area contributed by atoms with E-state index in [0.717, 1.165) is 26.5 Å². The van der Waals surface area contributed by atoms with E-state index in [-0.39, 0.29) is 5.78 Å². The Balaban J connectivity index is 2.90. The van der Waals surface area contributed by atoms with Gasteiger partial charge in [-0.3, -0.25) is 4.79 Å². The molecule has 0 bridgehead atoms. The topological polar surface area (TPSA) is 32.9 Å². The van der Waals surface area contributed by atoms with Crippen LogP contribution in [0.2, 0.25) is 0 Å². The Labute approximate surface area is 90.4 Å². The number of Topliss-reactive ketones (excluding diaryl/α,β-unsaturated/α-hetero) is 1. The number of hydrogen-bond donors (Lipinski definition) is 1. The molecule has 1 heterocycles. The minimum absolute atomic E-state index is 0.0857. The number of hydrogen-bond acceptors (Lipinski definition) is 1. The van der Waals surface area contributed by atoms with Crippen LogP contribution in [-0.4, -0.2) is 10.8 Å². The van der Waals surface area contributed by atoms with E-state index >= 15 is 0 Å². The number of halogens is 1. The van der Waals surface area contributed by atoms with Gasteiger partial charge in [0.1, 0.15) is 0 Å². The monoisotopic (exact) mass is 251 g/mol. The van der Waals surface area contributed by atoms with Crippen molar-refractivity contribution in [3.8, 4) is 0 Å². The van der Waals surface area contributed by atoms with Crippen LogP contribution in [0.15, 0.2) is 22.8 Å². The summed E-state index contributed by atoms with van der Waals surface area (Å²) in [5.41, 5.74) is 2.93. The number of H-pyrrole nitrogens is 1. The fourth-order valence-corrected chi connectivity index (χ4v) is 2.17. The maximum absolute atomic E-state index is 11.3. The van der Waals surface area contributed by atoms with Crippen molar-refractivity contribution < 1.29 is 4.79 Å². The minimum Gasteiger partial charge on any atom is -0.360 e. The molecule has 0 saturated heterocycles. The molecule has 2 rings (SSSR count). The fraction of sp³-hybridized carbons (Fsp3) is 0.182. The first-order chi connectivity index (χ1) is 6.61. The second-order valence-electron chi connectivity index (χ2n) is 3.37. The lowest BCUT2D eigenvalue weighted by Gasteiger charge is -1.99. The molecule has 1 N–H and O–H groups in total. The van der Waals surface area contributed by atoms with Gasteiger partial charge in [0.15, 0.2) is 5.78 Å². The van der Waals surface area contributed by atoms with Crippen LogP contribution < -0.4 is 0 Å². The Kier molecular flexibility index (Phi) is 2.19. The highest BCUT2D eigenvalue weighted by molar-refractivity contribution is 9.10. The SMILES string of the molecule is CC(=O)c1c[nH]c2c(C)ccc(Br)c12. The molecule has 0 aliphatic rings. The summed E-state index contributed by atoms with van der Waals surface area (Å²) in [6, 6.07) is 3.99. The maximum atomic E-state index is 11.3. The molecule has 72 valence electrons. The van der Waals surface area contributed by atoms with E-state index in [0.29, 0.717) is 0 Å². The molecule has 0 fully saturated rings. The number of rotatable bonds is 1. The van der Waals surface area contributed by atoms with Gasteiger partial charge in [-0.1, -0.05) is 22.0 Å². The zero-order valence-corrected chi connectivity index (χ0v) is 9.60. The minimum atomic E-state index is 0.0857. The quantitative estimate of drug-likeness (QED) is 0.775. The molecule has 0 aliphatic heterocycles. The molecule has 3 heteroatoms. The second-order valence-corrected chi connectivity index (χ2v) is 4.23. The normalized spacial score (nSPS) is 10.8. The Morgan fingerprint density at radius 1 is 1.43 bits per heavy atom. The zero-order valence-electron chi connectivity index (χ0n) is 8.02. The van der Waals surface area contributed by atoms with Crippen LogP contribution in [0.5, 0.6) is 0 Å². The van der Waals surface area contributed by atoms with E-state index in [1.54, 1.807) is 13.1 Å². The Morgan fingerprint density at radius 3 is 2.79 bits per heavy atom. The lowest BCUT2D eigenvalue weighted by Crippen LogP contribution is -1.89. The predicted molar refractivity (Wildman–Crippen MR) is 60.7 cm³/mol. The highest BCUT2D eigenvalue weighted by atomic mass is 79.9. The highest BCUT2D eigenvalue weighted by Crippen LogP contribution is 2.29. The lowest BCUT2D eigenvalue weighted by molar-refractivity contribution is 0.101. The molecule has 0 spiro atoms. The molecule has 0 atom stereocenters. The lowest BCUT2D eigenvalue weighted by atomic mass is 10.1. The van der Waals surface area contributed by atoms with Crippen LogP contribution in [0.3, 0.4) is 0 Å². The van der Waals surface area contributed by atoms with Gasteiger partial charge in [-0.2, -0.15) is 0 Å². The van der Waals surface area contributed by atoms with Gasteiger partial charge < -0.3 is 4.98 Å². The van der Waals surface area contributed by atoms with Crippen LogP contribution >= 0.6 is 15.9 Å². The van der Waals surface area contributed by atoms with Gasteiger partial charge in [0.05, 0.1) is 5.52 Å². The van der Waals surface area contributed by atoms with Crippen molar-refractivity contribution in [2.75, 3.05) is 0 Å². The summed E-state index contributed by atoms with van der Waals surface area (Å²) in [6.07, 6.45) is 1.77. The van der Waals surface area contributed by atoms with Crippen molar-refractivity contribution in [3.63, 3.8) is 0 Å². The first-order valence-electron chi connectivity index (χ1n) is 4.38. The molecule has 2 nitrogen and oxygen atoms in total. The third kappa shape index (κ3) is 1.28. The number of aryl methyl sites for hydroxylation is 1. The molecule has 0 saturated carbocycles. The Bertz CT molecular complexity index is 513. The fourth-order valence-electron chi connectivity index (χ4n) is 1.62. The third-order valence-corrected chi connectivity index (χ3v) is 3.03. The molecular formula is C11H10BrNO. The molecule has 0 radical (unpaired) electrons. The van der Waals surface area contributed by atoms with Crippen molar-refractivity contribution >= 4 is 32.6 Å². The molecule has 0 unspecified atom stereocenters. The van der Waals surface area contributed by atoms with Gasteiger partial charge in [0, 0.05) is 21.6 Å². The molecule has 0 amide bonds. The molecule has 2 aromatic rings. The van der Waals surface area contributed by atoms with Crippen LogP contribution in [-0.2, 0) is 0 Å².